The van der Waals surface area contributed by atoms with Crippen molar-refractivity contribution in [3.63, 3.8) is 0 Å². The van der Waals surface area contributed by atoms with Crippen LogP contribution in [0.4, 0.5) is 0 Å². The van der Waals surface area contributed by atoms with Crippen LogP contribution >= 0.6 is 0 Å². The highest BCUT2D eigenvalue weighted by Gasteiger charge is 2.41. The van der Waals surface area contributed by atoms with Crippen LogP contribution in [0.15, 0.2) is 36.4 Å². The van der Waals surface area contributed by atoms with E-state index in [0.29, 0.717) is 0 Å². The zero-order valence-electron chi connectivity index (χ0n) is 19.7. The minimum atomic E-state index is -1.19. The summed E-state index contributed by atoms with van der Waals surface area (Å²) in [7, 11) is 0. The van der Waals surface area contributed by atoms with Crippen molar-refractivity contribution in [2.45, 2.75) is 79.1 Å². The average Bonchev–Trinajstić information content (AvgIpc) is 2.74. The highest BCUT2D eigenvalue weighted by molar-refractivity contribution is 6.05. The second kappa shape index (κ2) is 10.1. The van der Waals surface area contributed by atoms with E-state index in [2.05, 4.69) is 27.7 Å². The first-order valence-electron chi connectivity index (χ1n) is 11.2. The average molecular weight is 425 g/mol. The Morgan fingerprint density at radius 3 is 1.42 bits per heavy atom. The van der Waals surface area contributed by atoms with Gasteiger partial charge in [-0.05, 0) is 85.8 Å². The van der Waals surface area contributed by atoms with Crippen LogP contribution in [0.1, 0.15) is 88.5 Å². The van der Waals surface area contributed by atoms with Gasteiger partial charge in [-0.1, -0.05) is 52.0 Å². The standard InChI is InChI=1S/C27H36O4/c1-7-17(3)23-13-21(9-11-25(23)30)15-27(19(5)28,20(6)29)16-22-10-12-26(31)24(14-22)18(4)8-2/h9-14,17-18,30-31H,7-8,15-16H2,1-6H3. The molecular weight excluding hydrogens is 388 g/mol. The molecule has 0 bridgehead atoms. The molecule has 2 aromatic carbocycles. The molecule has 2 aromatic rings. The lowest BCUT2D eigenvalue weighted by Gasteiger charge is -2.30. The molecule has 2 unspecified atom stereocenters. The molecule has 2 N–H and O–H groups in total. The van der Waals surface area contributed by atoms with E-state index in [1.54, 1.807) is 24.3 Å². The van der Waals surface area contributed by atoms with E-state index in [1.807, 2.05) is 12.1 Å². The molecule has 168 valence electrons. The Hall–Kier alpha value is -2.62. The van der Waals surface area contributed by atoms with E-state index in [4.69, 9.17) is 0 Å². The van der Waals surface area contributed by atoms with E-state index >= 15 is 0 Å². The van der Waals surface area contributed by atoms with Crippen molar-refractivity contribution < 1.29 is 19.8 Å². The summed E-state index contributed by atoms with van der Waals surface area (Å²) >= 11 is 0. The number of carbonyl (C=O) groups is 2. The second-order valence-corrected chi connectivity index (χ2v) is 8.95. The summed E-state index contributed by atoms with van der Waals surface area (Å²) in [6.07, 6.45) is 2.32. The van der Waals surface area contributed by atoms with Crippen molar-refractivity contribution in [3.8, 4) is 11.5 Å². The van der Waals surface area contributed by atoms with Crippen molar-refractivity contribution in [1.29, 1.82) is 0 Å². The Morgan fingerprint density at radius 1 is 0.774 bits per heavy atom. The normalized spacial score (nSPS) is 13.6. The fraction of sp³-hybridized carbons (Fsp3) is 0.481. The van der Waals surface area contributed by atoms with Crippen LogP contribution in [0.25, 0.3) is 0 Å². The van der Waals surface area contributed by atoms with Gasteiger partial charge in [0.2, 0.25) is 0 Å². The molecule has 0 fully saturated rings. The van der Waals surface area contributed by atoms with Crippen LogP contribution in [-0.2, 0) is 22.4 Å². The van der Waals surface area contributed by atoms with Crippen LogP contribution in [-0.4, -0.2) is 21.8 Å². The molecule has 0 aliphatic heterocycles. The SMILES string of the molecule is CCC(C)c1cc(CC(Cc2ccc(O)c(C(C)CC)c2)(C(C)=O)C(C)=O)ccc1O. The molecule has 0 spiro atoms. The number of Topliss-reactive ketones (excluding diaryl/α,β-unsaturated/α-hetero) is 2. The Morgan fingerprint density at radius 2 is 1.13 bits per heavy atom. The first kappa shape index (κ1) is 24.6. The summed E-state index contributed by atoms with van der Waals surface area (Å²) in [5.41, 5.74) is 2.21. The fourth-order valence-corrected chi connectivity index (χ4v) is 4.16. The van der Waals surface area contributed by atoms with Crippen LogP contribution in [0, 0.1) is 5.41 Å². The summed E-state index contributed by atoms with van der Waals surface area (Å²) in [6, 6.07) is 10.7. The third-order valence-corrected chi connectivity index (χ3v) is 6.83. The predicted octanol–water partition coefficient (Wildman–Crippen LogP) is 6.07. The third kappa shape index (κ3) is 5.36. The smallest absolute Gasteiger partial charge is 0.144 e. The maximum atomic E-state index is 12.9. The summed E-state index contributed by atoms with van der Waals surface area (Å²) in [5.74, 6) is 0.503. The summed E-state index contributed by atoms with van der Waals surface area (Å²) in [4.78, 5) is 25.8. The number of rotatable bonds is 10. The zero-order valence-corrected chi connectivity index (χ0v) is 19.7. The van der Waals surface area contributed by atoms with Crippen molar-refractivity contribution >= 4 is 11.6 Å². The van der Waals surface area contributed by atoms with E-state index in [-0.39, 0.29) is 47.7 Å². The summed E-state index contributed by atoms with van der Waals surface area (Å²) in [6.45, 7) is 11.2. The number of aromatic hydroxyl groups is 2. The van der Waals surface area contributed by atoms with Crippen LogP contribution in [0.3, 0.4) is 0 Å². The molecule has 4 heteroatoms. The van der Waals surface area contributed by atoms with Gasteiger partial charge in [-0.2, -0.15) is 0 Å². The molecule has 0 aliphatic rings. The lowest BCUT2D eigenvalue weighted by Crippen LogP contribution is -2.41. The van der Waals surface area contributed by atoms with Crippen molar-refractivity contribution in [3.05, 3.63) is 58.7 Å². The molecule has 2 rings (SSSR count). The van der Waals surface area contributed by atoms with Crippen LogP contribution < -0.4 is 0 Å². The van der Waals surface area contributed by atoms with Gasteiger partial charge in [-0.15, -0.1) is 0 Å². The number of carbonyl (C=O) groups excluding carboxylic acids is 2. The first-order chi connectivity index (χ1) is 14.5. The molecule has 2 atom stereocenters. The lowest BCUT2D eigenvalue weighted by atomic mass is 9.70. The number of phenolic OH excluding ortho intramolecular Hbond substituents is 2. The van der Waals surface area contributed by atoms with Gasteiger partial charge in [0.15, 0.2) is 0 Å². The van der Waals surface area contributed by atoms with Crippen molar-refractivity contribution in [1.82, 2.24) is 0 Å². The van der Waals surface area contributed by atoms with Gasteiger partial charge in [0.1, 0.15) is 23.1 Å². The quantitative estimate of drug-likeness (QED) is 0.454. The molecule has 0 aliphatic carbocycles. The van der Waals surface area contributed by atoms with E-state index < -0.39 is 5.41 Å². The zero-order chi connectivity index (χ0) is 23.3. The van der Waals surface area contributed by atoms with Gasteiger partial charge in [-0.3, -0.25) is 9.59 Å². The Balaban J connectivity index is 2.50. The molecular formula is C27H36O4. The monoisotopic (exact) mass is 424 g/mol. The second-order valence-electron chi connectivity index (χ2n) is 8.95. The molecule has 0 saturated carbocycles. The minimum absolute atomic E-state index is 0.170. The number of phenols is 2. The van der Waals surface area contributed by atoms with Gasteiger partial charge in [-0.25, -0.2) is 0 Å². The lowest BCUT2D eigenvalue weighted by molar-refractivity contribution is -0.138. The van der Waals surface area contributed by atoms with Crippen molar-refractivity contribution in [2.24, 2.45) is 5.41 Å². The molecule has 0 aromatic heterocycles. The molecule has 0 amide bonds. The van der Waals surface area contributed by atoms with Crippen LogP contribution in [0.5, 0.6) is 11.5 Å². The molecule has 0 saturated heterocycles. The highest BCUT2D eigenvalue weighted by Crippen LogP contribution is 2.36. The topological polar surface area (TPSA) is 74.6 Å². The van der Waals surface area contributed by atoms with Gasteiger partial charge in [0.05, 0.1) is 5.41 Å². The molecule has 0 heterocycles. The van der Waals surface area contributed by atoms with Crippen LogP contribution in [0.2, 0.25) is 0 Å². The number of ketones is 2. The summed E-state index contributed by atoms with van der Waals surface area (Å²) in [5, 5.41) is 20.5. The Kier molecular flexibility index (Phi) is 8.05. The van der Waals surface area contributed by atoms with E-state index in [9.17, 15) is 19.8 Å². The van der Waals surface area contributed by atoms with Gasteiger partial charge >= 0.3 is 0 Å². The highest BCUT2D eigenvalue weighted by atomic mass is 16.3. The fourth-order valence-electron chi connectivity index (χ4n) is 4.16. The minimum Gasteiger partial charge on any atom is -0.508 e. The molecule has 4 nitrogen and oxygen atoms in total. The predicted molar refractivity (Wildman–Crippen MR) is 125 cm³/mol. The van der Waals surface area contributed by atoms with Gasteiger partial charge < -0.3 is 10.2 Å². The summed E-state index contributed by atoms with van der Waals surface area (Å²) < 4.78 is 0. The molecule has 0 radical (unpaired) electrons. The Labute approximate surface area is 186 Å². The number of hydrogen-bond donors (Lipinski definition) is 2. The van der Waals surface area contributed by atoms with E-state index in [1.165, 1.54) is 13.8 Å². The largest absolute Gasteiger partial charge is 0.508 e. The van der Waals surface area contributed by atoms with E-state index in [0.717, 1.165) is 35.1 Å². The number of hydrogen-bond acceptors (Lipinski definition) is 4. The maximum absolute atomic E-state index is 12.9. The van der Waals surface area contributed by atoms with Gasteiger partial charge in [0.25, 0.3) is 0 Å². The number of benzene rings is 2. The Bertz CT molecular complexity index is 867. The van der Waals surface area contributed by atoms with Gasteiger partial charge in [0, 0.05) is 0 Å². The first-order valence-corrected chi connectivity index (χ1v) is 11.2. The maximum Gasteiger partial charge on any atom is 0.144 e. The van der Waals surface area contributed by atoms with Crippen molar-refractivity contribution in [2.75, 3.05) is 0 Å². The third-order valence-electron chi connectivity index (χ3n) is 6.83. The molecule has 31 heavy (non-hydrogen) atoms.